The molecular weight excluding hydrogens is 264 g/mol. The number of carbonyl (C=O) groups is 2. The molecule has 1 aromatic carbocycles. The first kappa shape index (κ1) is 14.1. The Morgan fingerprint density at radius 3 is 2.22 bits per heavy atom. The number of benzene rings is 1. The summed E-state index contributed by atoms with van der Waals surface area (Å²) in [7, 11) is -4.85. The Morgan fingerprint density at radius 1 is 1.22 bits per heavy atom. The summed E-state index contributed by atoms with van der Waals surface area (Å²) in [6.07, 6.45) is -0.969. The zero-order chi connectivity index (χ0) is 13.8. The summed E-state index contributed by atoms with van der Waals surface area (Å²) < 4.78 is 34.8. The van der Waals surface area contributed by atoms with Crippen molar-refractivity contribution in [1.29, 1.82) is 0 Å². The van der Waals surface area contributed by atoms with Crippen LogP contribution in [0, 0.1) is 0 Å². The van der Waals surface area contributed by atoms with Gasteiger partial charge in [-0.05, 0) is 12.1 Å². The topological polar surface area (TPSA) is 118 Å². The van der Waals surface area contributed by atoms with Gasteiger partial charge in [-0.2, -0.15) is 8.42 Å². The first-order valence-corrected chi connectivity index (χ1v) is 6.26. The number of hydrogen-bond donors (Lipinski definition) is 2. The highest BCUT2D eigenvalue weighted by molar-refractivity contribution is 7.87. The van der Waals surface area contributed by atoms with E-state index < -0.39 is 33.7 Å². The van der Waals surface area contributed by atoms with Crippen molar-refractivity contribution in [2.75, 3.05) is 0 Å². The normalized spacial score (nSPS) is 12.7. The smallest absolute Gasteiger partial charge is 0.325 e. The van der Waals surface area contributed by atoms with Crippen LogP contribution >= 0.6 is 0 Å². The Morgan fingerprint density at radius 2 is 1.78 bits per heavy atom. The van der Waals surface area contributed by atoms with Gasteiger partial charge in [-0.15, -0.1) is 0 Å². The lowest BCUT2D eigenvalue weighted by molar-refractivity contribution is -0.141. The molecule has 0 saturated carbocycles. The van der Waals surface area contributed by atoms with Crippen molar-refractivity contribution in [3.8, 4) is 5.75 Å². The van der Waals surface area contributed by atoms with Crippen LogP contribution in [0.2, 0.25) is 0 Å². The SMILES string of the molecule is O=C(CC(C(=O)O)S(=O)(=O)O)Oc1ccccc1. The van der Waals surface area contributed by atoms with E-state index in [1.807, 2.05) is 0 Å². The van der Waals surface area contributed by atoms with Crippen LogP contribution in [0.4, 0.5) is 0 Å². The second-order valence-electron chi connectivity index (χ2n) is 3.33. The third kappa shape index (κ3) is 4.15. The number of ether oxygens (including phenoxy) is 1. The van der Waals surface area contributed by atoms with E-state index in [-0.39, 0.29) is 5.75 Å². The highest BCUT2D eigenvalue weighted by Gasteiger charge is 2.34. The van der Waals surface area contributed by atoms with Crippen LogP contribution in [0.3, 0.4) is 0 Å². The predicted molar refractivity (Wildman–Crippen MR) is 59.7 cm³/mol. The van der Waals surface area contributed by atoms with E-state index in [1.165, 1.54) is 12.1 Å². The first-order valence-electron chi connectivity index (χ1n) is 4.75. The van der Waals surface area contributed by atoms with Gasteiger partial charge in [0.15, 0.2) is 5.25 Å². The van der Waals surface area contributed by atoms with E-state index in [9.17, 15) is 18.0 Å². The number of aliphatic carboxylic acids is 1. The summed E-state index contributed by atoms with van der Waals surface area (Å²) in [6.45, 7) is 0. The van der Waals surface area contributed by atoms with Gasteiger partial charge in [-0.1, -0.05) is 18.2 Å². The Labute approximate surface area is 103 Å². The van der Waals surface area contributed by atoms with Gasteiger partial charge in [-0.3, -0.25) is 14.1 Å². The third-order valence-corrected chi connectivity index (χ3v) is 3.05. The molecule has 0 aliphatic rings. The second-order valence-corrected chi connectivity index (χ2v) is 4.93. The Hall–Kier alpha value is -1.93. The molecule has 0 radical (unpaired) electrons. The molecule has 0 amide bonds. The van der Waals surface area contributed by atoms with Gasteiger partial charge in [0.1, 0.15) is 5.75 Å². The maximum Gasteiger partial charge on any atom is 0.325 e. The number of para-hydroxylation sites is 1. The van der Waals surface area contributed by atoms with E-state index in [4.69, 9.17) is 14.4 Å². The van der Waals surface area contributed by atoms with Crippen LogP contribution < -0.4 is 4.74 Å². The van der Waals surface area contributed by atoms with Crippen LogP contribution in [0.15, 0.2) is 30.3 Å². The molecule has 0 aliphatic carbocycles. The first-order chi connectivity index (χ1) is 8.30. The molecule has 0 spiro atoms. The van der Waals surface area contributed by atoms with Crippen LogP contribution in [-0.4, -0.2) is 35.3 Å². The molecule has 0 aromatic heterocycles. The molecule has 1 unspecified atom stereocenters. The minimum Gasteiger partial charge on any atom is -0.480 e. The highest BCUT2D eigenvalue weighted by atomic mass is 32.2. The average molecular weight is 274 g/mol. The number of esters is 1. The van der Waals surface area contributed by atoms with Crippen LogP contribution in [0.1, 0.15) is 6.42 Å². The molecule has 1 aromatic rings. The molecule has 1 rings (SSSR count). The summed E-state index contributed by atoms with van der Waals surface area (Å²) in [6, 6.07) is 7.73. The molecule has 0 bridgehead atoms. The van der Waals surface area contributed by atoms with Gasteiger partial charge < -0.3 is 9.84 Å². The van der Waals surface area contributed by atoms with Crippen molar-refractivity contribution >= 4 is 22.1 Å². The number of carboxylic acids is 1. The van der Waals surface area contributed by atoms with Crippen LogP contribution in [0.5, 0.6) is 5.75 Å². The molecule has 0 aliphatic heterocycles. The standard InChI is InChI=1S/C10H10O7S/c11-9(17-7-4-2-1-3-5-7)6-8(10(12)13)18(14,15)16/h1-5,8H,6H2,(H,12,13)(H,14,15,16). The van der Waals surface area contributed by atoms with Crippen molar-refractivity contribution in [3.63, 3.8) is 0 Å². The lowest BCUT2D eigenvalue weighted by Crippen LogP contribution is -2.33. The van der Waals surface area contributed by atoms with Gasteiger partial charge in [-0.25, -0.2) is 0 Å². The van der Waals surface area contributed by atoms with Crippen molar-refractivity contribution in [3.05, 3.63) is 30.3 Å². The van der Waals surface area contributed by atoms with Gasteiger partial charge in [0, 0.05) is 0 Å². The molecule has 98 valence electrons. The summed E-state index contributed by atoms with van der Waals surface area (Å²) in [5.74, 6) is -2.73. The van der Waals surface area contributed by atoms with E-state index in [2.05, 4.69) is 0 Å². The van der Waals surface area contributed by atoms with Crippen molar-refractivity contribution in [2.45, 2.75) is 11.7 Å². The van der Waals surface area contributed by atoms with E-state index in [0.717, 1.165) is 0 Å². The minimum absolute atomic E-state index is 0.155. The monoisotopic (exact) mass is 274 g/mol. The molecule has 18 heavy (non-hydrogen) atoms. The van der Waals surface area contributed by atoms with Gasteiger partial charge in [0.25, 0.3) is 10.1 Å². The van der Waals surface area contributed by atoms with Crippen molar-refractivity contribution in [2.24, 2.45) is 0 Å². The lowest BCUT2D eigenvalue weighted by atomic mass is 10.3. The number of carboxylic acid groups (broad SMARTS) is 1. The molecule has 1 atom stereocenters. The number of hydrogen-bond acceptors (Lipinski definition) is 5. The zero-order valence-electron chi connectivity index (χ0n) is 9.02. The summed E-state index contributed by atoms with van der Waals surface area (Å²) in [5.41, 5.74) is 0. The molecule has 8 heteroatoms. The Balaban J connectivity index is 2.72. The largest absolute Gasteiger partial charge is 0.480 e. The fourth-order valence-electron chi connectivity index (χ4n) is 1.13. The average Bonchev–Trinajstić information content (AvgIpc) is 2.25. The summed E-state index contributed by atoms with van der Waals surface area (Å²) >= 11 is 0. The number of rotatable bonds is 5. The van der Waals surface area contributed by atoms with Crippen molar-refractivity contribution < 1.29 is 32.4 Å². The quantitative estimate of drug-likeness (QED) is 0.451. The predicted octanol–water partition coefficient (Wildman–Crippen LogP) is 0.323. The molecule has 0 heterocycles. The Bertz CT molecular complexity index is 535. The molecule has 0 saturated heterocycles. The lowest BCUT2D eigenvalue weighted by Gasteiger charge is -2.08. The van der Waals surface area contributed by atoms with Crippen LogP contribution in [0.25, 0.3) is 0 Å². The third-order valence-electron chi connectivity index (χ3n) is 1.96. The van der Waals surface area contributed by atoms with Gasteiger partial charge in [0.05, 0.1) is 6.42 Å². The van der Waals surface area contributed by atoms with E-state index >= 15 is 0 Å². The van der Waals surface area contributed by atoms with Crippen molar-refractivity contribution in [1.82, 2.24) is 0 Å². The summed E-state index contributed by atoms with van der Waals surface area (Å²) in [4.78, 5) is 21.9. The maximum atomic E-state index is 11.3. The minimum atomic E-state index is -4.85. The van der Waals surface area contributed by atoms with Gasteiger partial charge >= 0.3 is 11.9 Å². The second kappa shape index (κ2) is 5.61. The molecule has 2 N–H and O–H groups in total. The Kier molecular flexibility index (Phi) is 4.40. The number of carbonyl (C=O) groups excluding carboxylic acids is 1. The van der Waals surface area contributed by atoms with Gasteiger partial charge in [0.2, 0.25) is 0 Å². The van der Waals surface area contributed by atoms with Crippen LogP contribution in [-0.2, 0) is 19.7 Å². The molecule has 0 fully saturated rings. The zero-order valence-corrected chi connectivity index (χ0v) is 9.83. The molecular formula is C10H10O7S. The fourth-order valence-corrected chi connectivity index (χ4v) is 1.73. The maximum absolute atomic E-state index is 11.3. The fraction of sp³-hybridized carbons (Fsp3) is 0.200. The van der Waals surface area contributed by atoms with E-state index in [1.54, 1.807) is 18.2 Å². The molecule has 7 nitrogen and oxygen atoms in total. The summed E-state index contributed by atoms with van der Waals surface area (Å²) in [5, 5.41) is 6.35. The highest BCUT2D eigenvalue weighted by Crippen LogP contribution is 2.12. The van der Waals surface area contributed by atoms with E-state index in [0.29, 0.717) is 0 Å².